The second-order valence-electron chi connectivity index (χ2n) is 6.12. The van der Waals surface area contributed by atoms with E-state index in [1.54, 1.807) is 0 Å². The molecule has 1 aliphatic rings. The van der Waals surface area contributed by atoms with Crippen LogP contribution in [0, 0.1) is 11.2 Å². The Labute approximate surface area is 135 Å². The van der Waals surface area contributed by atoms with Crippen LogP contribution in [0.1, 0.15) is 13.3 Å². The van der Waals surface area contributed by atoms with E-state index in [9.17, 15) is 21.2 Å². The van der Waals surface area contributed by atoms with Crippen LogP contribution < -0.4 is 10.5 Å². The summed E-state index contributed by atoms with van der Waals surface area (Å²) in [5.74, 6) is -1.000. The van der Waals surface area contributed by atoms with E-state index >= 15 is 0 Å². The van der Waals surface area contributed by atoms with Crippen LogP contribution in [0.4, 0.5) is 10.1 Å². The first-order chi connectivity index (χ1) is 10.5. The third kappa shape index (κ3) is 4.00. The van der Waals surface area contributed by atoms with Gasteiger partial charge in [0.05, 0.1) is 11.9 Å². The molecule has 0 radical (unpaired) electrons. The van der Waals surface area contributed by atoms with Crippen molar-refractivity contribution in [2.75, 3.05) is 30.6 Å². The molecule has 10 heteroatoms. The van der Waals surface area contributed by atoms with E-state index in [0.717, 1.165) is 18.4 Å². The maximum atomic E-state index is 14.2. The molecule has 3 N–H and O–H groups in total. The quantitative estimate of drug-likeness (QED) is 0.792. The van der Waals surface area contributed by atoms with Gasteiger partial charge in [-0.1, -0.05) is 6.92 Å². The molecular weight excluding hydrogens is 345 g/mol. The van der Waals surface area contributed by atoms with Crippen LogP contribution in [0.15, 0.2) is 23.1 Å². The van der Waals surface area contributed by atoms with Crippen molar-refractivity contribution in [1.29, 1.82) is 0 Å². The summed E-state index contributed by atoms with van der Waals surface area (Å²) in [6.45, 7) is 2.74. The predicted octanol–water partition coefficient (Wildman–Crippen LogP) is 0.557. The zero-order valence-electron chi connectivity index (χ0n) is 12.9. The Bertz CT molecular complexity index is 811. The first kappa shape index (κ1) is 18.1. The number of rotatable bonds is 5. The lowest BCUT2D eigenvalue weighted by atomic mass is 9.90. The Morgan fingerprint density at radius 1 is 1.35 bits per heavy atom. The molecule has 0 aromatic heterocycles. The summed E-state index contributed by atoms with van der Waals surface area (Å²) in [6.07, 6.45) is 1.53. The van der Waals surface area contributed by atoms with Crippen molar-refractivity contribution in [3.8, 4) is 0 Å². The standard InChI is InChI=1S/C13H20FN3O4S2/c1-13(8-15)5-6-17(9-13)23(20,21)12-4-3-10(7-11(12)14)16-22(2,18)19/h3-4,7,16H,5-6,8-9,15H2,1-2H3. The van der Waals surface area contributed by atoms with E-state index in [0.29, 0.717) is 13.0 Å². The van der Waals surface area contributed by atoms with Crippen molar-refractivity contribution in [2.45, 2.75) is 18.2 Å². The van der Waals surface area contributed by atoms with Crippen LogP contribution in [0.5, 0.6) is 0 Å². The smallest absolute Gasteiger partial charge is 0.246 e. The topological polar surface area (TPSA) is 110 Å². The molecule has 0 amide bonds. The minimum absolute atomic E-state index is 0.0304. The molecule has 1 aromatic carbocycles. The summed E-state index contributed by atoms with van der Waals surface area (Å²) in [4.78, 5) is -0.474. The number of halogens is 1. The number of nitrogens with two attached hydrogens (primary N) is 1. The van der Waals surface area contributed by atoms with E-state index in [1.807, 2.05) is 6.92 Å². The third-order valence-corrected chi connectivity index (χ3v) is 6.35. The molecule has 0 spiro atoms. The molecule has 1 atom stereocenters. The van der Waals surface area contributed by atoms with Gasteiger partial charge in [-0.05, 0) is 36.6 Å². The summed E-state index contributed by atoms with van der Waals surface area (Å²) >= 11 is 0. The second kappa shape index (κ2) is 6.00. The Balaban J connectivity index is 2.31. The Morgan fingerprint density at radius 2 is 2.00 bits per heavy atom. The third-order valence-electron chi connectivity index (χ3n) is 3.87. The summed E-state index contributed by atoms with van der Waals surface area (Å²) < 4.78 is 64.9. The van der Waals surface area contributed by atoms with E-state index in [-0.39, 0.29) is 24.2 Å². The largest absolute Gasteiger partial charge is 0.330 e. The highest BCUT2D eigenvalue weighted by molar-refractivity contribution is 7.92. The van der Waals surface area contributed by atoms with Crippen molar-refractivity contribution in [2.24, 2.45) is 11.1 Å². The lowest BCUT2D eigenvalue weighted by Gasteiger charge is -2.22. The molecule has 1 aliphatic heterocycles. The summed E-state index contributed by atoms with van der Waals surface area (Å²) in [5, 5.41) is 0. The Kier molecular flexibility index (Phi) is 4.73. The van der Waals surface area contributed by atoms with Crippen molar-refractivity contribution in [3.05, 3.63) is 24.0 Å². The predicted molar refractivity (Wildman–Crippen MR) is 85.4 cm³/mol. The lowest BCUT2D eigenvalue weighted by Crippen LogP contribution is -2.34. The first-order valence-electron chi connectivity index (χ1n) is 6.94. The average Bonchev–Trinajstić information content (AvgIpc) is 2.81. The highest BCUT2D eigenvalue weighted by Gasteiger charge is 2.39. The summed E-state index contributed by atoms with van der Waals surface area (Å²) in [6, 6.07) is 3.14. The van der Waals surface area contributed by atoms with Crippen LogP contribution in [-0.2, 0) is 20.0 Å². The number of anilines is 1. The minimum Gasteiger partial charge on any atom is -0.330 e. The van der Waals surface area contributed by atoms with Crippen molar-refractivity contribution < 1.29 is 21.2 Å². The van der Waals surface area contributed by atoms with Gasteiger partial charge in [-0.3, -0.25) is 4.72 Å². The summed E-state index contributed by atoms with van der Waals surface area (Å²) in [5.41, 5.74) is 5.31. The zero-order valence-corrected chi connectivity index (χ0v) is 14.5. The maximum Gasteiger partial charge on any atom is 0.246 e. The molecule has 7 nitrogen and oxygen atoms in total. The number of hydrogen-bond acceptors (Lipinski definition) is 5. The van der Waals surface area contributed by atoms with Crippen LogP contribution in [0.2, 0.25) is 0 Å². The summed E-state index contributed by atoms with van der Waals surface area (Å²) in [7, 11) is -7.55. The molecule has 1 aromatic rings. The minimum atomic E-state index is -3.99. The van der Waals surface area contributed by atoms with Crippen LogP contribution in [0.25, 0.3) is 0 Å². The highest BCUT2D eigenvalue weighted by Crippen LogP contribution is 2.33. The molecule has 0 saturated carbocycles. The van der Waals surface area contributed by atoms with Gasteiger partial charge in [-0.15, -0.1) is 0 Å². The molecular formula is C13H20FN3O4S2. The van der Waals surface area contributed by atoms with Crippen molar-refractivity contribution in [3.63, 3.8) is 0 Å². The molecule has 1 fully saturated rings. The van der Waals surface area contributed by atoms with Crippen molar-refractivity contribution in [1.82, 2.24) is 4.31 Å². The SMILES string of the molecule is CC1(CN)CCN(S(=O)(=O)c2ccc(NS(C)(=O)=O)cc2F)C1. The number of benzene rings is 1. The fourth-order valence-corrected chi connectivity index (χ4v) is 4.67. The van der Waals surface area contributed by atoms with Crippen LogP contribution in [0.3, 0.4) is 0 Å². The van der Waals surface area contributed by atoms with E-state index in [2.05, 4.69) is 4.72 Å². The fraction of sp³-hybridized carbons (Fsp3) is 0.538. The first-order valence-corrected chi connectivity index (χ1v) is 10.3. The molecule has 2 rings (SSSR count). The highest BCUT2D eigenvalue weighted by atomic mass is 32.2. The second-order valence-corrected chi connectivity index (χ2v) is 9.78. The van der Waals surface area contributed by atoms with Gasteiger partial charge in [0, 0.05) is 13.1 Å². The number of nitrogens with one attached hydrogen (secondary N) is 1. The normalized spacial score (nSPS) is 23.1. The molecule has 1 heterocycles. The van der Waals surface area contributed by atoms with Crippen LogP contribution in [-0.4, -0.2) is 47.0 Å². The number of sulfonamides is 2. The molecule has 130 valence electrons. The Hall–Kier alpha value is -1.23. The van der Waals surface area contributed by atoms with Gasteiger partial charge < -0.3 is 5.73 Å². The molecule has 1 saturated heterocycles. The van der Waals surface area contributed by atoms with E-state index in [1.165, 1.54) is 10.4 Å². The Morgan fingerprint density at radius 3 is 2.48 bits per heavy atom. The van der Waals surface area contributed by atoms with Crippen LogP contribution >= 0.6 is 0 Å². The van der Waals surface area contributed by atoms with E-state index in [4.69, 9.17) is 5.73 Å². The monoisotopic (exact) mass is 365 g/mol. The zero-order chi connectivity index (χ0) is 17.5. The number of nitrogens with zero attached hydrogens (tertiary/aromatic N) is 1. The van der Waals surface area contributed by atoms with Gasteiger partial charge in [0.15, 0.2) is 0 Å². The van der Waals surface area contributed by atoms with Gasteiger partial charge in [-0.25, -0.2) is 21.2 Å². The van der Waals surface area contributed by atoms with Gasteiger partial charge in [0.2, 0.25) is 20.0 Å². The molecule has 1 unspecified atom stereocenters. The van der Waals surface area contributed by atoms with Gasteiger partial charge in [0.25, 0.3) is 0 Å². The van der Waals surface area contributed by atoms with Gasteiger partial charge in [0.1, 0.15) is 10.7 Å². The maximum absolute atomic E-state index is 14.2. The van der Waals surface area contributed by atoms with Gasteiger partial charge in [-0.2, -0.15) is 4.31 Å². The lowest BCUT2D eigenvalue weighted by molar-refractivity contribution is 0.349. The average molecular weight is 365 g/mol. The molecule has 0 bridgehead atoms. The number of hydrogen-bond donors (Lipinski definition) is 2. The molecule has 23 heavy (non-hydrogen) atoms. The van der Waals surface area contributed by atoms with Gasteiger partial charge >= 0.3 is 0 Å². The van der Waals surface area contributed by atoms with Crippen molar-refractivity contribution >= 4 is 25.7 Å². The fourth-order valence-electron chi connectivity index (χ4n) is 2.48. The van der Waals surface area contributed by atoms with E-state index < -0.39 is 30.8 Å². The molecule has 0 aliphatic carbocycles.